The van der Waals surface area contributed by atoms with E-state index in [9.17, 15) is 4.79 Å². The zero-order valence-electron chi connectivity index (χ0n) is 8.26. The number of furan rings is 1. The van der Waals surface area contributed by atoms with E-state index in [1.54, 1.807) is 17.0 Å². The molecule has 1 aromatic rings. The molecule has 1 atom stereocenters. The van der Waals surface area contributed by atoms with Gasteiger partial charge in [-0.15, -0.1) is 0 Å². The number of ether oxygens (including phenoxy) is 1. The molecule has 2 heterocycles. The van der Waals surface area contributed by atoms with Gasteiger partial charge in [-0.05, 0) is 12.1 Å². The van der Waals surface area contributed by atoms with Gasteiger partial charge in [0.15, 0.2) is 5.76 Å². The van der Waals surface area contributed by atoms with Crippen LogP contribution in [0, 0.1) is 0 Å². The molecule has 5 nitrogen and oxygen atoms in total. The molecular formula is C10H13NO4. The molecule has 0 radical (unpaired) electrons. The van der Waals surface area contributed by atoms with Gasteiger partial charge < -0.3 is 19.2 Å². The third-order valence-corrected chi connectivity index (χ3v) is 2.43. The lowest BCUT2D eigenvalue weighted by molar-refractivity contribution is -0.0196. The second-order valence-electron chi connectivity index (χ2n) is 3.39. The summed E-state index contributed by atoms with van der Waals surface area (Å²) in [5.41, 5.74) is 0. The fraction of sp³-hybridized carbons (Fsp3) is 0.500. The normalized spacial score (nSPS) is 21.7. The van der Waals surface area contributed by atoms with Crippen LogP contribution in [-0.4, -0.2) is 48.3 Å². The number of carbonyl (C=O) groups is 1. The molecule has 1 aliphatic rings. The summed E-state index contributed by atoms with van der Waals surface area (Å²) in [7, 11) is 0. The molecule has 15 heavy (non-hydrogen) atoms. The first-order valence-electron chi connectivity index (χ1n) is 4.86. The van der Waals surface area contributed by atoms with Gasteiger partial charge in [0.1, 0.15) is 0 Å². The largest absolute Gasteiger partial charge is 0.459 e. The molecule has 1 N–H and O–H groups in total. The van der Waals surface area contributed by atoms with Gasteiger partial charge in [0.2, 0.25) is 0 Å². The molecule has 0 saturated carbocycles. The van der Waals surface area contributed by atoms with Crippen LogP contribution in [0.25, 0.3) is 0 Å². The van der Waals surface area contributed by atoms with Crippen LogP contribution >= 0.6 is 0 Å². The van der Waals surface area contributed by atoms with E-state index in [4.69, 9.17) is 14.3 Å². The summed E-state index contributed by atoms with van der Waals surface area (Å²) in [6, 6.07) is 3.02. The Morgan fingerprint density at radius 3 is 3.20 bits per heavy atom. The van der Waals surface area contributed by atoms with Crippen LogP contribution in [0.2, 0.25) is 0 Å². The third-order valence-electron chi connectivity index (χ3n) is 2.43. The SMILES string of the molecule is O=C(c1ccco1)N1CCOC[C@H]1CO. The van der Waals surface area contributed by atoms with Gasteiger partial charge in [0, 0.05) is 6.54 Å². The van der Waals surface area contributed by atoms with Gasteiger partial charge in [-0.1, -0.05) is 0 Å². The molecule has 0 unspecified atom stereocenters. The number of aliphatic hydroxyl groups is 1. The van der Waals surface area contributed by atoms with Gasteiger partial charge in [-0.2, -0.15) is 0 Å². The van der Waals surface area contributed by atoms with Crippen molar-refractivity contribution >= 4 is 5.91 Å². The van der Waals surface area contributed by atoms with Crippen molar-refractivity contribution in [3.8, 4) is 0 Å². The minimum absolute atomic E-state index is 0.0908. The summed E-state index contributed by atoms with van der Waals surface area (Å²) in [4.78, 5) is 13.5. The van der Waals surface area contributed by atoms with E-state index >= 15 is 0 Å². The standard InChI is InChI=1S/C10H13NO4/c12-6-8-7-14-5-3-11(8)10(13)9-2-1-4-15-9/h1-2,4,8,12H,3,5-7H2/t8-/m1/s1. The zero-order valence-corrected chi connectivity index (χ0v) is 8.26. The molecule has 1 aliphatic heterocycles. The minimum Gasteiger partial charge on any atom is -0.459 e. The van der Waals surface area contributed by atoms with Gasteiger partial charge in [-0.3, -0.25) is 4.79 Å². The van der Waals surface area contributed by atoms with Crippen LogP contribution in [0.4, 0.5) is 0 Å². The lowest BCUT2D eigenvalue weighted by atomic mass is 10.2. The Balaban J connectivity index is 2.11. The van der Waals surface area contributed by atoms with Crippen molar-refractivity contribution in [1.82, 2.24) is 4.90 Å². The van der Waals surface area contributed by atoms with Gasteiger partial charge in [-0.25, -0.2) is 0 Å². The maximum atomic E-state index is 11.9. The average molecular weight is 211 g/mol. The molecule has 0 aliphatic carbocycles. The quantitative estimate of drug-likeness (QED) is 0.754. The van der Waals surface area contributed by atoms with E-state index in [0.717, 1.165) is 0 Å². The monoisotopic (exact) mass is 211 g/mol. The predicted octanol–water partition coefficient (Wildman–Crippen LogP) is 0.113. The highest BCUT2D eigenvalue weighted by Gasteiger charge is 2.28. The number of hydrogen-bond donors (Lipinski definition) is 1. The van der Waals surface area contributed by atoms with Crippen LogP contribution in [0.1, 0.15) is 10.6 Å². The first kappa shape index (κ1) is 10.2. The Bertz CT molecular complexity index is 322. The molecule has 0 aromatic carbocycles. The molecule has 82 valence electrons. The van der Waals surface area contributed by atoms with Gasteiger partial charge in [0.25, 0.3) is 5.91 Å². The summed E-state index contributed by atoms with van der Waals surface area (Å²) >= 11 is 0. The molecule has 2 rings (SSSR count). The maximum absolute atomic E-state index is 11.9. The van der Waals surface area contributed by atoms with Crippen LogP contribution in [0.15, 0.2) is 22.8 Å². The molecule has 1 saturated heterocycles. The van der Waals surface area contributed by atoms with Crippen LogP contribution in [0.5, 0.6) is 0 Å². The maximum Gasteiger partial charge on any atom is 0.290 e. The molecular weight excluding hydrogens is 198 g/mol. The lowest BCUT2D eigenvalue weighted by Gasteiger charge is -2.33. The highest BCUT2D eigenvalue weighted by Crippen LogP contribution is 2.12. The van der Waals surface area contributed by atoms with Crippen molar-refractivity contribution in [3.63, 3.8) is 0 Å². The number of aliphatic hydroxyl groups excluding tert-OH is 1. The van der Waals surface area contributed by atoms with E-state index in [0.29, 0.717) is 25.5 Å². The smallest absolute Gasteiger partial charge is 0.290 e. The third kappa shape index (κ3) is 2.03. The number of rotatable bonds is 2. The van der Waals surface area contributed by atoms with E-state index in [1.165, 1.54) is 6.26 Å². The Labute approximate surface area is 87.2 Å². The Kier molecular flexibility index (Phi) is 3.03. The molecule has 5 heteroatoms. The van der Waals surface area contributed by atoms with E-state index in [-0.39, 0.29) is 18.6 Å². The van der Waals surface area contributed by atoms with Crippen LogP contribution in [0.3, 0.4) is 0 Å². The van der Waals surface area contributed by atoms with Crippen molar-refractivity contribution in [3.05, 3.63) is 24.2 Å². The first-order valence-corrected chi connectivity index (χ1v) is 4.86. The predicted molar refractivity (Wildman–Crippen MR) is 51.4 cm³/mol. The topological polar surface area (TPSA) is 62.9 Å². The number of carbonyl (C=O) groups excluding carboxylic acids is 1. The molecule has 0 spiro atoms. The van der Waals surface area contributed by atoms with Crippen LogP contribution < -0.4 is 0 Å². The zero-order chi connectivity index (χ0) is 10.7. The Morgan fingerprint density at radius 1 is 1.67 bits per heavy atom. The Hall–Kier alpha value is -1.33. The number of morpholine rings is 1. The number of amides is 1. The highest BCUT2D eigenvalue weighted by atomic mass is 16.5. The number of hydrogen-bond acceptors (Lipinski definition) is 4. The minimum atomic E-state index is -0.267. The van der Waals surface area contributed by atoms with Crippen molar-refractivity contribution < 1.29 is 19.1 Å². The van der Waals surface area contributed by atoms with Gasteiger partial charge in [0.05, 0.1) is 32.1 Å². The average Bonchev–Trinajstić information content (AvgIpc) is 2.81. The van der Waals surface area contributed by atoms with E-state index in [1.807, 2.05) is 0 Å². The summed E-state index contributed by atoms with van der Waals surface area (Å²) in [5, 5.41) is 9.10. The summed E-state index contributed by atoms with van der Waals surface area (Å²) in [6.07, 6.45) is 1.46. The van der Waals surface area contributed by atoms with E-state index in [2.05, 4.69) is 0 Å². The highest BCUT2D eigenvalue weighted by molar-refractivity contribution is 5.91. The van der Waals surface area contributed by atoms with E-state index < -0.39 is 0 Å². The van der Waals surface area contributed by atoms with Crippen molar-refractivity contribution in [2.75, 3.05) is 26.4 Å². The van der Waals surface area contributed by atoms with Crippen molar-refractivity contribution in [1.29, 1.82) is 0 Å². The first-order chi connectivity index (χ1) is 7.33. The van der Waals surface area contributed by atoms with Crippen molar-refractivity contribution in [2.45, 2.75) is 6.04 Å². The Morgan fingerprint density at radius 2 is 2.53 bits per heavy atom. The second-order valence-corrected chi connectivity index (χ2v) is 3.39. The fourth-order valence-corrected chi connectivity index (χ4v) is 1.62. The van der Waals surface area contributed by atoms with Crippen LogP contribution in [-0.2, 0) is 4.74 Å². The van der Waals surface area contributed by atoms with Crippen molar-refractivity contribution in [2.24, 2.45) is 0 Å². The summed E-state index contributed by atoms with van der Waals surface area (Å²) < 4.78 is 10.2. The molecule has 1 aromatic heterocycles. The molecule has 1 amide bonds. The fourth-order valence-electron chi connectivity index (χ4n) is 1.62. The summed E-state index contributed by atoms with van der Waals surface area (Å²) in [6.45, 7) is 1.28. The second kappa shape index (κ2) is 4.46. The lowest BCUT2D eigenvalue weighted by Crippen LogP contribution is -2.50. The molecule has 1 fully saturated rings. The number of nitrogens with zero attached hydrogens (tertiary/aromatic N) is 1. The molecule has 0 bridgehead atoms. The van der Waals surface area contributed by atoms with Gasteiger partial charge >= 0.3 is 0 Å². The summed E-state index contributed by atoms with van der Waals surface area (Å²) in [5.74, 6) is 0.109.